The van der Waals surface area contributed by atoms with E-state index in [1.165, 1.54) is 17.3 Å². The average Bonchev–Trinajstić information content (AvgIpc) is 2.41. The van der Waals surface area contributed by atoms with Crippen LogP contribution >= 0.6 is 27.7 Å². The van der Waals surface area contributed by atoms with Crippen LogP contribution in [0.15, 0.2) is 40.0 Å². The van der Waals surface area contributed by atoms with Crippen molar-refractivity contribution < 1.29 is 4.79 Å². The van der Waals surface area contributed by atoms with Crippen LogP contribution in [0.5, 0.6) is 0 Å². The maximum Gasteiger partial charge on any atom is 0.234 e. The lowest BCUT2D eigenvalue weighted by Crippen LogP contribution is -2.15. The van der Waals surface area contributed by atoms with Gasteiger partial charge in [-0.05, 0) is 60.0 Å². The van der Waals surface area contributed by atoms with Crippen LogP contribution < -0.4 is 5.32 Å². The number of nitrogens with zero attached hydrogens (tertiary/aromatic N) is 1. The Hall–Kier alpha value is -1.33. The molecule has 2 aromatic rings. The fraction of sp³-hybridized carbons (Fsp3) is 0.250. The first-order valence-corrected chi connectivity index (χ1v) is 8.35. The SMILES string of the molecule is Cc1ccc(NC(=O)CSc2ncc(Br)cc2C)c(C)c1. The highest BCUT2D eigenvalue weighted by Gasteiger charge is 2.08. The van der Waals surface area contributed by atoms with Crippen molar-refractivity contribution in [3.63, 3.8) is 0 Å². The third-order valence-electron chi connectivity index (χ3n) is 2.99. The molecule has 0 aliphatic rings. The van der Waals surface area contributed by atoms with Crippen molar-refractivity contribution in [3.05, 3.63) is 51.6 Å². The summed E-state index contributed by atoms with van der Waals surface area (Å²) >= 11 is 4.83. The molecule has 0 saturated heterocycles. The van der Waals surface area contributed by atoms with Gasteiger partial charge in [0.05, 0.1) is 10.8 Å². The van der Waals surface area contributed by atoms with Crippen LogP contribution in [0.4, 0.5) is 5.69 Å². The third-order valence-corrected chi connectivity index (χ3v) is 4.53. The van der Waals surface area contributed by atoms with Gasteiger partial charge in [-0.2, -0.15) is 0 Å². The number of amides is 1. The Labute approximate surface area is 137 Å². The fourth-order valence-electron chi connectivity index (χ4n) is 1.95. The number of pyridine rings is 1. The number of rotatable bonds is 4. The Balaban J connectivity index is 1.96. The Morgan fingerprint density at radius 2 is 2.00 bits per heavy atom. The van der Waals surface area contributed by atoms with Crippen molar-refractivity contribution in [2.24, 2.45) is 0 Å². The molecule has 3 nitrogen and oxygen atoms in total. The molecule has 1 aromatic heterocycles. The molecular formula is C16H17BrN2OS. The summed E-state index contributed by atoms with van der Waals surface area (Å²) in [5.41, 5.74) is 4.20. The topological polar surface area (TPSA) is 42.0 Å². The number of aryl methyl sites for hydroxylation is 3. The Morgan fingerprint density at radius 1 is 1.24 bits per heavy atom. The molecule has 0 unspecified atom stereocenters. The quantitative estimate of drug-likeness (QED) is 0.812. The van der Waals surface area contributed by atoms with E-state index in [0.717, 1.165) is 26.3 Å². The van der Waals surface area contributed by atoms with E-state index in [9.17, 15) is 4.79 Å². The van der Waals surface area contributed by atoms with Crippen LogP contribution in [0.1, 0.15) is 16.7 Å². The van der Waals surface area contributed by atoms with Crippen LogP contribution in [0, 0.1) is 20.8 Å². The summed E-state index contributed by atoms with van der Waals surface area (Å²) in [4.78, 5) is 16.4. The van der Waals surface area contributed by atoms with Gasteiger partial charge in [-0.15, -0.1) is 0 Å². The summed E-state index contributed by atoms with van der Waals surface area (Å²) in [6.07, 6.45) is 1.75. The third kappa shape index (κ3) is 4.58. The van der Waals surface area contributed by atoms with E-state index in [0.29, 0.717) is 5.75 Å². The van der Waals surface area contributed by atoms with Crippen LogP contribution in [0.25, 0.3) is 0 Å². The first-order valence-electron chi connectivity index (χ1n) is 6.58. The second-order valence-electron chi connectivity index (χ2n) is 4.93. The predicted octanol–water partition coefficient (Wildman–Crippen LogP) is 4.50. The zero-order valence-electron chi connectivity index (χ0n) is 12.2. The van der Waals surface area contributed by atoms with Crippen molar-refractivity contribution >= 4 is 39.3 Å². The molecule has 0 aliphatic heterocycles. The maximum absolute atomic E-state index is 12.0. The van der Waals surface area contributed by atoms with Gasteiger partial charge in [0.1, 0.15) is 0 Å². The number of hydrogen-bond acceptors (Lipinski definition) is 3. The minimum atomic E-state index is -0.0175. The van der Waals surface area contributed by atoms with Gasteiger partial charge in [0.25, 0.3) is 0 Å². The van der Waals surface area contributed by atoms with E-state index in [4.69, 9.17) is 0 Å². The standard InChI is InChI=1S/C16H17BrN2OS/c1-10-4-5-14(11(2)6-10)19-15(20)9-21-16-12(3)7-13(17)8-18-16/h4-8H,9H2,1-3H3,(H,19,20). The second-order valence-corrected chi connectivity index (χ2v) is 6.81. The van der Waals surface area contributed by atoms with Gasteiger partial charge >= 0.3 is 0 Å². The number of benzene rings is 1. The zero-order chi connectivity index (χ0) is 15.4. The van der Waals surface area contributed by atoms with Gasteiger partial charge in [0.2, 0.25) is 5.91 Å². The summed E-state index contributed by atoms with van der Waals surface area (Å²) in [5.74, 6) is 0.332. The molecule has 110 valence electrons. The number of thioether (sulfide) groups is 1. The van der Waals surface area contributed by atoms with Crippen molar-refractivity contribution in [2.75, 3.05) is 11.1 Å². The van der Waals surface area contributed by atoms with Crippen molar-refractivity contribution in [1.29, 1.82) is 0 Å². The molecule has 0 aliphatic carbocycles. The molecule has 1 amide bonds. The molecule has 0 atom stereocenters. The molecule has 2 rings (SSSR count). The van der Waals surface area contributed by atoms with Crippen molar-refractivity contribution in [1.82, 2.24) is 4.98 Å². The summed E-state index contributed by atoms with van der Waals surface area (Å²) in [6.45, 7) is 6.02. The Morgan fingerprint density at radius 3 is 2.67 bits per heavy atom. The largest absolute Gasteiger partial charge is 0.325 e. The molecule has 0 radical (unpaired) electrons. The van der Waals surface area contributed by atoms with Crippen molar-refractivity contribution in [2.45, 2.75) is 25.8 Å². The fourth-order valence-corrected chi connectivity index (χ4v) is 3.15. The smallest absolute Gasteiger partial charge is 0.234 e. The lowest BCUT2D eigenvalue weighted by molar-refractivity contribution is -0.113. The summed E-state index contributed by atoms with van der Waals surface area (Å²) in [5, 5.41) is 3.83. The first kappa shape index (κ1) is 16.0. The van der Waals surface area contributed by atoms with Gasteiger partial charge in [0, 0.05) is 16.4 Å². The molecule has 0 fully saturated rings. The van der Waals surface area contributed by atoms with E-state index in [1.807, 2.05) is 39.0 Å². The molecule has 1 aromatic carbocycles. The second kappa shape index (κ2) is 7.09. The van der Waals surface area contributed by atoms with Gasteiger partial charge in [-0.25, -0.2) is 4.98 Å². The number of halogens is 1. The van der Waals surface area contributed by atoms with E-state index in [-0.39, 0.29) is 5.91 Å². The van der Waals surface area contributed by atoms with Crippen molar-refractivity contribution in [3.8, 4) is 0 Å². The highest BCUT2D eigenvalue weighted by molar-refractivity contribution is 9.10. The van der Waals surface area contributed by atoms with Crippen LogP contribution in [0.2, 0.25) is 0 Å². The van der Waals surface area contributed by atoms with Gasteiger partial charge < -0.3 is 5.32 Å². The highest BCUT2D eigenvalue weighted by atomic mass is 79.9. The van der Waals surface area contributed by atoms with Crippen LogP contribution in [-0.4, -0.2) is 16.6 Å². The monoisotopic (exact) mass is 364 g/mol. The normalized spacial score (nSPS) is 10.5. The lowest BCUT2D eigenvalue weighted by Gasteiger charge is -2.09. The highest BCUT2D eigenvalue weighted by Crippen LogP contribution is 2.23. The molecule has 1 N–H and O–H groups in total. The number of hydrogen-bond donors (Lipinski definition) is 1. The molecule has 0 saturated carbocycles. The Bertz CT molecular complexity index is 673. The molecule has 0 bridgehead atoms. The minimum absolute atomic E-state index is 0.0175. The van der Waals surface area contributed by atoms with E-state index < -0.39 is 0 Å². The zero-order valence-corrected chi connectivity index (χ0v) is 14.6. The number of aromatic nitrogens is 1. The number of nitrogens with one attached hydrogen (secondary N) is 1. The summed E-state index contributed by atoms with van der Waals surface area (Å²) in [7, 11) is 0. The van der Waals surface area contributed by atoms with Gasteiger partial charge in [-0.3, -0.25) is 4.79 Å². The van der Waals surface area contributed by atoms with E-state index >= 15 is 0 Å². The summed E-state index contributed by atoms with van der Waals surface area (Å²) in [6, 6.07) is 7.99. The molecule has 0 spiro atoms. The average molecular weight is 365 g/mol. The van der Waals surface area contributed by atoms with E-state index in [2.05, 4.69) is 32.3 Å². The molecule has 21 heavy (non-hydrogen) atoms. The lowest BCUT2D eigenvalue weighted by atomic mass is 10.1. The molecule has 5 heteroatoms. The predicted molar refractivity (Wildman–Crippen MR) is 91.9 cm³/mol. The molecular weight excluding hydrogens is 348 g/mol. The minimum Gasteiger partial charge on any atom is -0.325 e. The van der Waals surface area contributed by atoms with E-state index in [1.54, 1.807) is 6.20 Å². The summed E-state index contributed by atoms with van der Waals surface area (Å²) < 4.78 is 0.948. The molecule has 1 heterocycles. The maximum atomic E-state index is 12.0. The number of anilines is 1. The first-order chi connectivity index (χ1) is 9.95. The number of carbonyl (C=O) groups excluding carboxylic acids is 1. The number of carbonyl (C=O) groups is 1. The van der Waals surface area contributed by atoms with Gasteiger partial charge in [-0.1, -0.05) is 29.5 Å². The Kier molecular flexibility index (Phi) is 5.42. The van der Waals surface area contributed by atoms with Crippen LogP contribution in [-0.2, 0) is 4.79 Å². The van der Waals surface area contributed by atoms with Gasteiger partial charge in [0.15, 0.2) is 0 Å². The van der Waals surface area contributed by atoms with Crippen LogP contribution in [0.3, 0.4) is 0 Å².